The second kappa shape index (κ2) is 5.50. The quantitative estimate of drug-likeness (QED) is 0.785. The molecule has 0 aromatic carbocycles. The summed E-state index contributed by atoms with van der Waals surface area (Å²) in [4.78, 5) is 11.4. The average Bonchev–Trinajstić information content (AvgIpc) is 2.89. The monoisotopic (exact) mass is 260 g/mol. The second-order valence-corrected chi connectivity index (χ2v) is 5.56. The largest absolute Gasteiger partial charge is 0.385 e. The maximum absolute atomic E-state index is 10.2. The predicted molar refractivity (Wildman–Crippen MR) is 74.5 cm³/mol. The Balaban J connectivity index is 2.10. The molecule has 0 saturated carbocycles. The molecule has 2 rings (SSSR count). The van der Waals surface area contributed by atoms with Crippen LogP contribution in [0.25, 0.3) is 11.4 Å². The number of hydrogen-bond acceptors (Lipinski definition) is 4. The zero-order valence-electron chi connectivity index (χ0n) is 11.5. The van der Waals surface area contributed by atoms with E-state index in [9.17, 15) is 5.11 Å². The van der Waals surface area contributed by atoms with Gasteiger partial charge in [0.1, 0.15) is 6.10 Å². The van der Waals surface area contributed by atoms with Gasteiger partial charge in [-0.25, -0.2) is 9.97 Å². The number of nitrogens with zero attached hydrogens (tertiary/aromatic N) is 2. The molecule has 1 atom stereocenters. The number of H-pyrrole nitrogens is 1. The molecule has 0 aliphatic carbocycles. The summed E-state index contributed by atoms with van der Waals surface area (Å²) in [6.07, 6.45) is 2.70. The van der Waals surface area contributed by atoms with Gasteiger partial charge in [-0.05, 0) is 32.9 Å². The minimum Gasteiger partial charge on any atom is -0.385 e. The molecule has 5 nitrogen and oxygen atoms in total. The molecular weight excluding hydrogens is 240 g/mol. The summed E-state index contributed by atoms with van der Waals surface area (Å²) in [5.41, 5.74) is 2.26. The van der Waals surface area contributed by atoms with Crippen molar-refractivity contribution in [1.82, 2.24) is 20.3 Å². The van der Waals surface area contributed by atoms with Crippen LogP contribution in [0.1, 0.15) is 32.6 Å². The highest BCUT2D eigenvalue weighted by atomic mass is 16.3. The Kier molecular flexibility index (Phi) is 3.97. The van der Waals surface area contributed by atoms with E-state index in [1.165, 1.54) is 0 Å². The number of hydrogen-bond donors (Lipinski definition) is 3. The molecule has 102 valence electrons. The smallest absolute Gasteiger partial charge is 0.108 e. The van der Waals surface area contributed by atoms with Crippen LogP contribution in [0.5, 0.6) is 0 Å². The highest BCUT2D eigenvalue weighted by Crippen LogP contribution is 2.17. The van der Waals surface area contributed by atoms with E-state index in [1.807, 2.05) is 18.2 Å². The van der Waals surface area contributed by atoms with Gasteiger partial charge in [-0.2, -0.15) is 0 Å². The number of aliphatic hydroxyl groups is 1. The molecule has 0 unspecified atom stereocenters. The highest BCUT2D eigenvalue weighted by Gasteiger charge is 2.15. The Morgan fingerprint density at radius 2 is 2.16 bits per heavy atom. The summed E-state index contributed by atoms with van der Waals surface area (Å²) in [6, 6.07) is 5.61. The maximum Gasteiger partial charge on any atom is 0.108 e. The van der Waals surface area contributed by atoms with Crippen molar-refractivity contribution in [3.8, 4) is 11.4 Å². The van der Waals surface area contributed by atoms with Gasteiger partial charge in [0, 0.05) is 12.1 Å². The molecule has 2 aromatic rings. The summed E-state index contributed by atoms with van der Waals surface area (Å²) in [5, 5.41) is 13.4. The number of nitrogens with one attached hydrogen (secondary N) is 2. The summed E-state index contributed by atoms with van der Waals surface area (Å²) in [6.45, 7) is 6.67. The first-order valence-corrected chi connectivity index (χ1v) is 6.34. The van der Waals surface area contributed by atoms with Gasteiger partial charge in [0.25, 0.3) is 0 Å². The fourth-order valence-corrected chi connectivity index (χ4v) is 1.69. The Labute approximate surface area is 113 Å². The summed E-state index contributed by atoms with van der Waals surface area (Å²) in [5.74, 6) is 0. The lowest BCUT2D eigenvalue weighted by atomic mass is 10.1. The van der Waals surface area contributed by atoms with Gasteiger partial charge in [0.05, 0.1) is 29.6 Å². The fraction of sp³-hybridized carbons (Fsp3) is 0.429. The number of aromatic amines is 1. The molecule has 2 aromatic heterocycles. The molecular formula is C14H20N4O. The fourth-order valence-electron chi connectivity index (χ4n) is 1.69. The molecule has 0 fully saturated rings. The number of aliphatic hydroxyl groups excluding tert-OH is 1. The normalized spacial score (nSPS) is 13.5. The predicted octanol–water partition coefficient (Wildman–Crippen LogP) is 1.89. The van der Waals surface area contributed by atoms with E-state index in [0.717, 1.165) is 11.4 Å². The molecule has 0 aliphatic heterocycles. The Hall–Kier alpha value is -1.72. The molecule has 2 heterocycles. The van der Waals surface area contributed by atoms with Crippen LogP contribution in [-0.4, -0.2) is 32.1 Å². The van der Waals surface area contributed by atoms with Gasteiger partial charge in [0.15, 0.2) is 0 Å². The number of aromatic nitrogens is 3. The lowest BCUT2D eigenvalue weighted by molar-refractivity contribution is 0.159. The Bertz CT molecular complexity index is 516. The first-order valence-electron chi connectivity index (χ1n) is 6.34. The van der Waals surface area contributed by atoms with Crippen molar-refractivity contribution in [2.45, 2.75) is 32.4 Å². The molecule has 5 heteroatoms. The zero-order valence-corrected chi connectivity index (χ0v) is 11.5. The first-order chi connectivity index (χ1) is 8.96. The Morgan fingerprint density at radius 3 is 2.79 bits per heavy atom. The SMILES string of the molecule is CC(C)(C)NC[C@H](O)c1cccc(-c2cnc[nH]2)n1. The molecule has 0 radical (unpaired) electrons. The van der Waals surface area contributed by atoms with Crippen molar-refractivity contribution >= 4 is 0 Å². The minimum absolute atomic E-state index is 0.0258. The number of imidazole rings is 1. The first kappa shape index (κ1) is 13.7. The van der Waals surface area contributed by atoms with Gasteiger partial charge in [-0.3, -0.25) is 0 Å². The summed E-state index contributed by atoms with van der Waals surface area (Å²) < 4.78 is 0. The molecule has 3 N–H and O–H groups in total. The van der Waals surface area contributed by atoms with E-state index < -0.39 is 6.10 Å². The third kappa shape index (κ3) is 3.87. The van der Waals surface area contributed by atoms with Crippen LogP contribution in [0.15, 0.2) is 30.7 Å². The molecule has 0 spiro atoms. The van der Waals surface area contributed by atoms with Gasteiger partial charge in [-0.15, -0.1) is 0 Å². The van der Waals surface area contributed by atoms with Crippen LogP contribution in [0.3, 0.4) is 0 Å². The van der Waals surface area contributed by atoms with Crippen molar-refractivity contribution in [1.29, 1.82) is 0 Å². The van der Waals surface area contributed by atoms with Gasteiger partial charge >= 0.3 is 0 Å². The van der Waals surface area contributed by atoms with Crippen molar-refractivity contribution < 1.29 is 5.11 Å². The van der Waals surface area contributed by atoms with Gasteiger partial charge in [0.2, 0.25) is 0 Å². The average molecular weight is 260 g/mol. The Morgan fingerprint density at radius 1 is 1.37 bits per heavy atom. The van der Waals surface area contributed by atoms with Crippen LogP contribution in [-0.2, 0) is 0 Å². The van der Waals surface area contributed by atoms with Crippen molar-refractivity contribution in [2.75, 3.05) is 6.54 Å². The van der Waals surface area contributed by atoms with Gasteiger partial charge < -0.3 is 15.4 Å². The number of β-amino-alcohol motifs (C(OH)–C–C–N with tert-alkyl or cyclic N) is 1. The second-order valence-electron chi connectivity index (χ2n) is 5.56. The van der Waals surface area contributed by atoms with E-state index in [-0.39, 0.29) is 5.54 Å². The van der Waals surface area contributed by atoms with E-state index in [2.05, 4.69) is 41.0 Å². The van der Waals surface area contributed by atoms with Gasteiger partial charge in [-0.1, -0.05) is 6.07 Å². The summed E-state index contributed by atoms with van der Waals surface area (Å²) in [7, 11) is 0. The van der Waals surface area contributed by atoms with Crippen LogP contribution in [0.2, 0.25) is 0 Å². The van der Waals surface area contributed by atoms with E-state index in [4.69, 9.17) is 0 Å². The number of rotatable bonds is 4. The standard InChI is InChI=1S/C14H20N4O/c1-14(2,3)17-8-13(19)11-6-4-5-10(18-11)12-7-15-9-16-12/h4-7,9,13,17,19H,8H2,1-3H3,(H,15,16)/t13-/m0/s1. The van der Waals surface area contributed by atoms with Crippen molar-refractivity contribution in [3.63, 3.8) is 0 Å². The molecule has 0 saturated heterocycles. The van der Waals surface area contributed by atoms with E-state index in [1.54, 1.807) is 12.5 Å². The lowest BCUT2D eigenvalue weighted by Gasteiger charge is -2.22. The van der Waals surface area contributed by atoms with Crippen molar-refractivity contribution in [3.05, 3.63) is 36.4 Å². The molecule has 0 aliphatic rings. The number of pyridine rings is 1. The lowest BCUT2D eigenvalue weighted by Crippen LogP contribution is -2.38. The van der Waals surface area contributed by atoms with Crippen LogP contribution in [0, 0.1) is 0 Å². The topological polar surface area (TPSA) is 73.8 Å². The third-order valence-corrected chi connectivity index (χ3v) is 2.71. The van der Waals surface area contributed by atoms with Crippen LogP contribution < -0.4 is 5.32 Å². The van der Waals surface area contributed by atoms with Crippen molar-refractivity contribution in [2.24, 2.45) is 0 Å². The summed E-state index contributed by atoms with van der Waals surface area (Å²) >= 11 is 0. The van der Waals surface area contributed by atoms with E-state index >= 15 is 0 Å². The third-order valence-electron chi connectivity index (χ3n) is 2.71. The van der Waals surface area contributed by atoms with E-state index in [0.29, 0.717) is 12.2 Å². The molecule has 0 amide bonds. The highest BCUT2D eigenvalue weighted by molar-refractivity contribution is 5.52. The molecule has 19 heavy (non-hydrogen) atoms. The zero-order chi connectivity index (χ0) is 13.9. The van der Waals surface area contributed by atoms with Crippen LogP contribution >= 0.6 is 0 Å². The van der Waals surface area contributed by atoms with Crippen LogP contribution in [0.4, 0.5) is 0 Å². The molecule has 0 bridgehead atoms. The maximum atomic E-state index is 10.2. The minimum atomic E-state index is -0.623.